The Kier molecular flexibility index (Phi) is 6.56. The lowest BCUT2D eigenvalue weighted by molar-refractivity contribution is -0.140. The number of amides is 1. The second kappa shape index (κ2) is 9.11. The zero-order valence-electron chi connectivity index (χ0n) is 16.0. The van der Waals surface area contributed by atoms with Crippen molar-refractivity contribution >= 4 is 29.1 Å². The van der Waals surface area contributed by atoms with Gasteiger partial charge in [0.05, 0.1) is 18.2 Å². The number of aliphatic hydroxyl groups is 2. The van der Waals surface area contributed by atoms with Gasteiger partial charge in [-0.15, -0.1) is 0 Å². The Labute approximate surface area is 174 Å². The number of carbonyl (C=O) groups is 2. The molecule has 1 saturated heterocycles. The second-order valence-corrected chi connectivity index (χ2v) is 7.02. The van der Waals surface area contributed by atoms with Gasteiger partial charge in [0.1, 0.15) is 11.5 Å². The highest BCUT2D eigenvalue weighted by Crippen LogP contribution is 2.40. The summed E-state index contributed by atoms with van der Waals surface area (Å²) in [5.74, 6) is -1.10. The highest BCUT2D eigenvalue weighted by atomic mass is 35.5. The maximum atomic E-state index is 12.8. The van der Waals surface area contributed by atoms with Crippen LogP contribution in [0.25, 0.3) is 5.76 Å². The Bertz CT molecular complexity index is 938. The predicted octanol–water partition coefficient (Wildman–Crippen LogP) is 3.54. The normalized spacial score (nSPS) is 18.3. The van der Waals surface area contributed by atoms with Crippen LogP contribution in [0.1, 0.15) is 30.5 Å². The minimum Gasteiger partial charge on any atom is -0.507 e. The molecule has 2 aromatic carbocycles. The standard InChI is InChI=1S/C22H22ClNO5/c1-2-29-17-9-7-14(8-10-17)20(26)18-19(15-5-3-6-16(23)13-15)24(11-4-12-25)22(28)21(18)27/h3,5-10,13,19,25-26H,2,4,11-12H2,1H3/t19-/m1/s1. The minimum atomic E-state index is -0.785. The Morgan fingerprint density at radius 3 is 2.52 bits per heavy atom. The lowest BCUT2D eigenvalue weighted by atomic mass is 9.95. The van der Waals surface area contributed by atoms with E-state index in [1.165, 1.54) is 4.90 Å². The summed E-state index contributed by atoms with van der Waals surface area (Å²) >= 11 is 6.12. The van der Waals surface area contributed by atoms with Gasteiger partial charge in [-0.2, -0.15) is 0 Å². The summed E-state index contributed by atoms with van der Waals surface area (Å²) in [6.07, 6.45) is 0.313. The van der Waals surface area contributed by atoms with Crippen molar-refractivity contribution in [2.24, 2.45) is 0 Å². The van der Waals surface area contributed by atoms with Crippen LogP contribution < -0.4 is 4.74 Å². The average Bonchev–Trinajstić information content (AvgIpc) is 2.97. The molecule has 1 aliphatic heterocycles. The summed E-state index contributed by atoms with van der Waals surface area (Å²) in [5.41, 5.74) is 1.02. The lowest BCUT2D eigenvalue weighted by Gasteiger charge is -2.25. The SMILES string of the molecule is CCOc1ccc(C(O)=C2C(=O)C(=O)N(CCCO)[C@@H]2c2cccc(Cl)c2)cc1. The molecular formula is C22H22ClNO5. The molecule has 0 aliphatic carbocycles. The van der Waals surface area contributed by atoms with Crippen LogP contribution in [-0.2, 0) is 9.59 Å². The van der Waals surface area contributed by atoms with Crippen LogP contribution in [0, 0.1) is 0 Å². The quantitative estimate of drug-likeness (QED) is 0.410. The van der Waals surface area contributed by atoms with Gasteiger partial charge in [-0.1, -0.05) is 23.7 Å². The molecule has 1 heterocycles. The van der Waals surface area contributed by atoms with Gasteiger partial charge in [-0.25, -0.2) is 0 Å². The van der Waals surface area contributed by atoms with Crippen molar-refractivity contribution in [3.63, 3.8) is 0 Å². The number of nitrogens with zero attached hydrogens (tertiary/aromatic N) is 1. The molecule has 6 nitrogen and oxygen atoms in total. The van der Waals surface area contributed by atoms with Gasteiger partial charge in [0.15, 0.2) is 0 Å². The molecule has 0 unspecified atom stereocenters. The molecule has 0 aromatic heterocycles. The van der Waals surface area contributed by atoms with Gasteiger partial charge in [0, 0.05) is 23.7 Å². The van der Waals surface area contributed by atoms with Crippen molar-refractivity contribution in [2.45, 2.75) is 19.4 Å². The van der Waals surface area contributed by atoms with Crippen molar-refractivity contribution in [2.75, 3.05) is 19.8 Å². The molecule has 0 spiro atoms. The van der Waals surface area contributed by atoms with E-state index in [4.69, 9.17) is 16.3 Å². The molecule has 1 aliphatic rings. The molecule has 3 rings (SSSR count). The summed E-state index contributed by atoms with van der Waals surface area (Å²) in [6, 6.07) is 12.7. The maximum absolute atomic E-state index is 12.8. The van der Waals surface area contributed by atoms with Gasteiger partial charge in [0.25, 0.3) is 11.7 Å². The number of ether oxygens (including phenoxy) is 1. The second-order valence-electron chi connectivity index (χ2n) is 6.58. The number of aliphatic hydroxyl groups excluding tert-OH is 2. The third-order valence-corrected chi connectivity index (χ3v) is 4.94. The van der Waals surface area contributed by atoms with Crippen LogP contribution in [0.5, 0.6) is 5.75 Å². The molecule has 0 radical (unpaired) electrons. The fraction of sp³-hybridized carbons (Fsp3) is 0.273. The van der Waals surface area contributed by atoms with Crippen LogP contribution in [0.15, 0.2) is 54.1 Å². The first kappa shape index (κ1) is 20.9. The fourth-order valence-electron chi connectivity index (χ4n) is 3.41. The zero-order chi connectivity index (χ0) is 21.0. The van der Waals surface area contributed by atoms with E-state index in [1.54, 1.807) is 48.5 Å². The number of benzene rings is 2. The maximum Gasteiger partial charge on any atom is 0.295 e. The van der Waals surface area contributed by atoms with Crippen molar-refractivity contribution < 1.29 is 24.5 Å². The van der Waals surface area contributed by atoms with E-state index in [0.717, 1.165) is 0 Å². The Morgan fingerprint density at radius 1 is 1.17 bits per heavy atom. The van der Waals surface area contributed by atoms with Gasteiger partial charge in [0.2, 0.25) is 0 Å². The van der Waals surface area contributed by atoms with Crippen LogP contribution in [0.4, 0.5) is 0 Å². The Morgan fingerprint density at radius 2 is 1.90 bits per heavy atom. The van der Waals surface area contributed by atoms with Crippen molar-refractivity contribution in [1.29, 1.82) is 0 Å². The van der Waals surface area contributed by atoms with Crippen molar-refractivity contribution in [3.8, 4) is 5.75 Å². The first-order chi connectivity index (χ1) is 14.0. The topological polar surface area (TPSA) is 87.1 Å². The van der Waals surface area contributed by atoms with Gasteiger partial charge in [-0.3, -0.25) is 9.59 Å². The van der Waals surface area contributed by atoms with E-state index in [9.17, 15) is 19.8 Å². The Balaban J connectivity index is 2.10. The molecule has 7 heteroatoms. The van der Waals surface area contributed by atoms with E-state index in [-0.39, 0.29) is 24.5 Å². The lowest BCUT2D eigenvalue weighted by Crippen LogP contribution is -2.31. The van der Waals surface area contributed by atoms with Crippen LogP contribution >= 0.6 is 11.6 Å². The molecule has 2 aromatic rings. The number of hydrogen-bond acceptors (Lipinski definition) is 5. The third kappa shape index (κ3) is 4.28. The summed E-state index contributed by atoms with van der Waals surface area (Å²) in [7, 11) is 0. The molecule has 152 valence electrons. The molecule has 2 N–H and O–H groups in total. The number of Topliss-reactive ketones (excluding diaryl/α,β-unsaturated/α-hetero) is 1. The van der Waals surface area contributed by atoms with E-state index in [2.05, 4.69) is 0 Å². The zero-order valence-corrected chi connectivity index (χ0v) is 16.7. The minimum absolute atomic E-state index is 0.000587. The molecule has 29 heavy (non-hydrogen) atoms. The monoisotopic (exact) mass is 415 g/mol. The average molecular weight is 416 g/mol. The van der Waals surface area contributed by atoms with Crippen molar-refractivity contribution in [3.05, 3.63) is 70.3 Å². The van der Waals surface area contributed by atoms with Gasteiger partial charge in [-0.05, 0) is 55.3 Å². The largest absolute Gasteiger partial charge is 0.507 e. The fourth-order valence-corrected chi connectivity index (χ4v) is 3.60. The number of carbonyl (C=O) groups excluding carboxylic acids is 2. The van der Waals surface area contributed by atoms with Crippen LogP contribution in [0.2, 0.25) is 5.02 Å². The highest BCUT2D eigenvalue weighted by Gasteiger charge is 2.45. The van der Waals surface area contributed by atoms with E-state index < -0.39 is 17.7 Å². The molecule has 0 saturated carbocycles. The summed E-state index contributed by atoms with van der Waals surface area (Å²) in [6.45, 7) is 2.44. The van der Waals surface area contributed by atoms with Gasteiger partial charge >= 0.3 is 0 Å². The van der Waals surface area contributed by atoms with Crippen molar-refractivity contribution in [1.82, 2.24) is 4.90 Å². The molecule has 1 fully saturated rings. The third-order valence-electron chi connectivity index (χ3n) is 4.70. The summed E-state index contributed by atoms with van der Waals surface area (Å²) in [4.78, 5) is 26.8. The first-order valence-electron chi connectivity index (χ1n) is 9.36. The Hall–Kier alpha value is -2.83. The number of ketones is 1. The summed E-state index contributed by atoms with van der Waals surface area (Å²) in [5, 5.41) is 20.6. The molecule has 1 amide bonds. The number of rotatable bonds is 7. The van der Waals surface area contributed by atoms with Crippen LogP contribution in [-0.4, -0.2) is 46.6 Å². The van der Waals surface area contributed by atoms with E-state index in [1.807, 2.05) is 6.92 Å². The predicted molar refractivity (Wildman–Crippen MR) is 110 cm³/mol. The van der Waals surface area contributed by atoms with Crippen LogP contribution in [0.3, 0.4) is 0 Å². The number of halogens is 1. The van der Waals surface area contributed by atoms with E-state index in [0.29, 0.717) is 34.9 Å². The van der Waals surface area contributed by atoms with E-state index >= 15 is 0 Å². The molecule has 0 bridgehead atoms. The number of likely N-dealkylation sites (tertiary alicyclic amines) is 1. The first-order valence-corrected chi connectivity index (χ1v) is 9.73. The molecule has 1 atom stereocenters. The van der Waals surface area contributed by atoms with Gasteiger partial charge < -0.3 is 19.8 Å². The highest BCUT2D eigenvalue weighted by molar-refractivity contribution is 6.46. The number of hydrogen-bond donors (Lipinski definition) is 2. The summed E-state index contributed by atoms with van der Waals surface area (Å²) < 4.78 is 5.40. The molecular weight excluding hydrogens is 394 g/mol. The smallest absolute Gasteiger partial charge is 0.295 e.